The Morgan fingerprint density at radius 2 is 1.70 bits per heavy atom. The predicted molar refractivity (Wildman–Crippen MR) is 161 cm³/mol. The first kappa shape index (κ1) is 30.9. The van der Waals surface area contributed by atoms with Crippen LogP contribution in [-0.4, -0.2) is 96.6 Å². The summed E-state index contributed by atoms with van der Waals surface area (Å²) in [6.45, 7) is 5.71. The van der Waals surface area contributed by atoms with Crippen LogP contribution in [0.5, 0.6) is 17.2 Å². The summed E-state index contributed by atoms with van der Waals surface area (Å²) in [5, 5.41) is 4.25. The molecule has 13 heteroatoms. The highest BCUT2D eigenvalue weighted by molar-refractivity contribution is 7.09. The molecule has 2 aromatic carbocycles. The zero-order valence-corrected chi connectivity index (χ0v) is 25.5. The fraction of sp³-hybridized carbons (Fsp3) is 0.500. The van der Waals surface area contributed by atoms with Crippen LogP contribution in [-0.2, 0) is 13.1 Å². The number of benzene rings is 2. The minimum atomic E-state index is -2.44. The van der Waals surface area contributed by atoms with E-state index in [4.69, 9.17) is 19.2 Å². The number of likely N-dealkylation sites (tertiary alicyclic amines) is 1. The molecule has 2 aliphatic heterocycles. The normalized spacial score (nSPS) is 17.8. The summed E-state index contributed by atoms with van der Waals surface area (Å²) in [5.74, 6) is 2.04. The lowest BCUT2D eigenvalue weighted by molar-refractivity contribution is 0.0625. The van der Waals surface area contributed by atoms with Crippen LogP contribution in [0.3, 0.4) is 0 Å². The van der Waals surface area contributed by atoms with E-state index in [1.165, 1.54) is 45.0 Å². The zero-order valence-electron chi connectivity index (χ0n) is 24.7. The molecule has 5 rings (SSSR count). The van der Waals surface area contributed by atoms with Crippen LogP contribution >= 0.6 is 11.5 Å². The van der Waals surface area contributed by atoms with Gasteiger partial charge in [-0.3, -0.25) is 14.6 Å². The maximum Gasteiger partial charge on any atom is 0.263 e. The number of ether oxygens (including phenoxy) is 3. The number of anilines is 1. The number of halogens is 2. The van der Waals surface area contributed by atoms with Gasteiger partial charge in [0.15, 0.2) is 17.3 Å². The second-order valence-electron chi connectivity index (χ2n) is 10.7. The fourth-order valence-electron chi connectivity index (χ4n) is 5.63. The van der Waals surface area contributed by atoms with Crippen molar-refractivity contribution in [1.29, 1.82) is 0 Å². The number of hydrogen-bond donors (Lipinski definition) is 1. The molecule has 2 fully saturated rings. The van der Waals surface area contributed by atoms with Gasteiger partial charge in [-0.1, -0.05) is 24.3 Å². The average Bonchev–Trinajstić information content (AvgIpc) is 3.68. The Kier molecular flexibility index (Phi) is 10.3. The minimum absolute atomic E-state index is 0.0569. The first-order valence-corrected chi connectivity index (χ1v) is 15.1. The smallest absolute Gasteiger partial charge is 0.263 e. The van der Waals surface area contributed by atoms with Crippen LogP contribution in [0.25, 0.3) is 0 Å². The number of hydrogen-bond acceptors (Lipinski definition) is 10. The van der Waals surface area contributed by atoms with Gasteiger partial charge in [-0.05, 0) is 37.1 Å². The summed E-state index contributed by atoms with van der Waals surface area (Å²) >= 11 is 1.36. The van der Waals surface area contributed by atoms with E-state index in [2.05, 4.69) is 19.5 Å². The number of carbonyl (C=O) groups excluding carboxylic acids is 1. The number of nitrogens with one attached hydrogen (secondary N) is 1. The van der Waals surface area contributed by atoms with Crippen molar-refractivity contribution in [2.24, 2.45) is 0 Å². The lowest BCUT2D eigenvalue weighted by Gasteiger charge is -2.34. The van der Waals surface area contributed by atoms with E-state index in [0.29, 0.717) is 61.6 Å². The lowest BCUT2D eigenvalue weighted by Crippen LogP contribution is -2.48. The minimum Gasteiger partial charge on any atom is -0.493 e. The maximum absolute atomic E-state index is 13.2. The van der Waals surface area contributed by atoms with Crippen molar-refractivity contribution in [3.8, 4) is 17.2 Å². The molecule has 0 unspecified atom stereocenters. The summed E-state index contributed by atoms with van der Waals surface area (Å²) in [4.78, 5) is 24.4. The monoisotopic (exact) mass is 616 g/mol. The van der Waals surface area contributed by atoms with Gasteiger partial charge in [0.1, 0.15) is 0 Å². The van der Waals surface area contributed by atoms with Crippen LogP contribution < -0.4 is 19.5 Å². The molecular formula is C30H38F2N6O4S. The van der Waals surface area contributed by atoms with Crippen molar-refractivity contribution in [3.63, 3.8) is 0 Å². The fourth-order valence-corrected chi connectivity index (χ4v) is 6.21. The van der Waals surface area contributed by atoms with E-state index in [0.717, 1.165) is 49.0 Å². The molecule has 232 valence electrons. The third kappa shape index (κ3) is 7.51. The van der Waals surface area contributed by atoms with Gasteiger partial charge in [-0.15, -0.1) is 0 Å². The molecule has 1 amide bonds. The van der Waals surface area contributed by atoms with E-state index in [1.54, 1.807) is 24.3 Å². The number of methoxy groups -OCH3 is 3. The number of amides is 1. The quantitative estimate of drug-likeness (QED) is 0.315. The van der Waals surface area contributed by atoms with E-state index in [9.17, 15) is 13.6 Å². The molecule has 2 aliphatic rings. The third-order valence-electron chi connectivity index (χ3n) is 8.01. The molecule has 0 aliphatic carbocycles. The van der Waals surface area contributed by atoms with Crippen LogP contribution in [0.4, 0.5) is 13.9 Å². The Hall–Kier alpha value is -3.55. The predicted octanol–water partition coefficient (Wildman–Crippen LogP) is 4.54. The molecular weight excluding hydrogens is 578 g/mol. The van der Waals surface area contributed by atoms with Crippen molar-refractivity contribution in [1.82, 2.24) is 24.1 Å². The average molecular weight is 617 g/mol. The zero-order chi connectivity index (χ0) is 30.3. The number of rotatable bonds is 12. The number of alkyl halides is 2. The Morgan fingerprint density at radius 3 is 2.33 bits per heavy atom. The Morgan fingerprint density at radius 1 is 1.00 bits per heavy atom. The Balaban J connectivity index is 1.09. The summed E-state index contributed by atoms with van der Waals surface area (Å²) < 4.78 is 46.5. The summed E-state index contributed by atoms with van der Waals surface area (Å²) in [6, 6.07) is 10.3. The second-order valence-corrected chi connectivity index (χ2v) is 11.4. The SMILES string of the molecule is COc1cc(C(=O)N2CCN(Cc3nsc(NC[C@@H]4CCCN4Cc4ccc(C(F)F)cc4)n3)CC2)cc(OC)c1OC. The van der Waals surface area contributed by atoms with Gasteiger partial charge in [-0.2, -0.15) is 4.37 Å². The Labute approximate surface area is 254 Å². The van der Waals surface area contributed by atoms with Crippen molar-refractivity contribution in [3.05, 3.63) is 58.9 Å². The van der Waals surface area contributed by atoms with Crippen molar-refractivity contribution < 1.29 is 27.8 Å². The first-order valence-electron chi connectivity index (χ1n) is 14.4. The molecule has 1 N–H and O–H groups in total. The van der Waals surface area contributed by atoms with Crippen LogP contribution in [0.1, 0.15) is 46.6 Å². The van der Waals surface area contributed by atoms with E-state index in [1.807, 2.05) is 4.90 Å². The molecule has 0 radical (unpaired) electrons. The van der Waals surface area contributed by atoms with Crippen LogP contribution in [0, 0.1) is 0 Å². The van der Waals surface area contributed by atoms with Crippen LogP contribution in [0.2, 0.25) is 0 Å². The molecule has 2 saturated heterocycles. The van der Waals surface area contributed by atoms with Crippen molar-refractivity contribution in [2.45, 2.75) is 38.4 Å². The standard InChI is InChI=1S/C30H38F2N6O4S/c1-40-24-15-22(16-25(41-2)27(24)42-3)29(39)37-13-11-36(12-14-37)19-26-34-30(43-35-26)33-17-23-5-4-10-38(23)18-20-6-8-21(9-7-20)28(31)32/h6-9,15-16,23,28H,4-5,10-14,17-19H2,1-3H3,(H,33,34,35)/t23-/m0/s1. The van der Waals surface area contributed by atoms with E-state index < -0.39 is 6.43 Å². The van der Waals surface area contributed by atoms with Crippen molar-refractivity contribution >= 4 is 22.6 Å². The van der Waals surface area contributed by atoms with Gasteiger partial charge in [0.2, 0.25) is 10.9 Å². The van der Waals surface area contributed by atoms with Gasteiger partial charge in [0.25, 0.3) is 12.3 Å². The highest BCUT2D eigenvalue weighted by Gasteiger charge is 2.27. The van der Waals surface area contributed by atoms with Gasteiger partial charge < -0.3 is 24.4 Å². The number of nitrogens with zero attached hydrogens (tertiary/aromatic N) is 5. The highest BCUT2D eigenvalue weighted by atomic mass is 32.1. The molecule has 0 saturated carbocycles. The summed E-state index contributed by atoms with van der Waals surface area (Å²) in [6.07, 6.45) is -0.257. The van der Waals surface area contributed by atoms with Crippen molar-refractivity contribution in [2.75, 3.05) is 65.9 Å². The molecule has 1 aromatic heterocycles. The number of piperazine rings is 1. The molecule has 3 heterocycles. The molecule has 43 heavy (non-hydrogen) atoms. The molecule has 1 atom stereocenters. The summed E-state index contributed by atoms with van der Waals surface area (Å²) in [7, 11) is 4.60. The number of aromatic nitrogens is 2. The van der Waals surface area contributed by atoms with Gasteiger partial charge in [0, 0.05) is 68.0 Å². The third-order valence-corrected chi connectivity index (χ3v) is 8.72. The van der Waals surface area contributed by atoms with E-state index in [-0.39, 0.29) is 11.5 Å². The van der Waals surface area contributed by atoms with Gasteiger partial charge in [-0.25, -0.2) is 13.8 Å². The van der Waals surface area contributed by atoms with Gasteiger partial charge >= 0.3 is 0 Å². The Bertz CT molecular complexity index is 1340. The lowest BCUT2D eigenvalue weighted by atomic mass is 10.1. The summed E-state index contributed by atoms with van der Waals surface area (Å²) in [5.41, 5.74) is 1.59. The second kappa shape index (κ2) is 14.3. The highest BCUT2D eigenvalue weighted by Crippen LogP contribution is 2.38. The maximum atomic E-state index is 13.2. The van der Waals surface area contributed by atoms with Gasteiger partial charge in [0.05, 0.1) is 27.9 Å². The van der Waals surface area contributed by atoms with E-state index >= 15 is 0 Å². The molecule has 0 spiro atoms. The van der Waals surface area contributed by atoms with Crippen LogP contribution in [0.15, 0.2) is 36.4 Å². The number of carbonyl (C=O) groups is 1. The molecule has 10 nitrogen and oxygen atoms in total. The largest absolute Gasteiger partial charge is 0.493 e. The first-order chi connectivity index (χ1) is 20.9. The topological polar surface area (TPSA) is 92.3 Å². The molecule has 3 aromatic rings. The molecule has 0 bridgehead atoms.